The lowest BCUT2D eigenvalue weighted by Crippen LogP contribution is -2.49. The van der Waals surface area contributed by atoms with Gasteiger partial charge in [-0.3, -0.25) is 14.5 Å². The van der Waals surface area contributed by atoms with Gasteiger partial charge in [-0.25, -0.2) is 0 Å². The molecule has 1 saturated carbocycles. The fourth-order valence-corrected chi connectivity index (χ4v) is 5.08. The van der Waals surface area contributed by atoms with Gasteiger partial charge in [0, 0.05) is 6.04 Å². The van der Waals surface area contributed by atoms with E-state index in [2.05, 4.69) is 35.1 Å². The van der Waals surface area contributed by atoms with Crippen LogP contribution in [0.15, 0.2) is 52.7 Å². The molecule has 3 atom stereocenters. The summed E-state index contributed by atoms with van der Waals surface area (Å²) in [6, 6.07) is 12.9. The maximum atomic E-state index is 13.4. The molecule has 0 radical (unpaired) electrons. The second-order valence-corrected chi connectivity index (χ2v) is 9.66. The highest BCUT2D eigenvalue weighted by Crippen LogP contribution is 2.36. The number of ether oxygens (including phenoxy) is 2. The molecule has 4 rings (SSSR count). The number of carbonyl (C=O) groups is 2. The van der Waals surface area contributed by atoms with Crippen LogP contribution in [0.1, 0.15) is 38.7 Å². The van der Waals surface area contributed by atoms with Crippen molar-refractivity contribution in [2.24, 2.45) is 11.8 Å². The zero-order valence-electron chi connectivity index (χ0n) is 19.1. The summed E-state index contributed by atoms with van der Waals surface area (Å²) in [7, 11) is 1.60. The summed E-state index contributed by atoms with van der Waals surface area (Å²) in [5.74, 6) is 1.90. The standard InChI is InChI=1S/C26H29BrN2O4/c1-16-7-6-8-20(17(16)2)28-25(30)15-29-21-9-4-5-10-23(21)33-24(26(29)31)14-18-11-12-22(32-3)19(27)13-18/h4-5,9-14,16-17,20H,6-8,15H2,1-3H3,(H,28,30)/b24-14-/t16-,17+,20-/m1/s1. The largest absolute Gasteiger partial charge is 0.496 e. The topological polar surface area (TPSA) is 67.9 Å². The van der Waals surface area contributed by atoms with Crippen molar-refractivity contribution in [3.63, 3.8) is 0 Å². The number of halogens is 1. The van der Waals surface area contributed by atoms with E-state index in [0.717, 1.165) is 22.9 Å². The van der Waals surface area contributed by atoms with E-state index in [4.69, 9.17) is 9.47 Å². The van der Waals surface area contributed by atoms with E-state index < -0.39 is 0 Å². The third-order valence-corrected chi connectivity index (χ3v) is 7.28. The van der Waals surface area contributed by atoms with Crippen LogP contribution in [0, 0.1) is 11.8 Å². The van der Waals surface area contributed by atoms with Crippen LogP contribution in [0.4, 0.5) is 5.69 Å². The SMILES string of the molecule is COc1ccc(/C=C2\Oc3ccccc3N(CC(=O)N[C@@H]3CCC[C@@H](C)[C@@H]3C)C2=O)cc1Br. The van der Waals surface area contributed by atoms with Crippen LogP contribution >= 0.6 is 15.9 Å². The first-order valence-corrected chi connectivity index (χ1v) is 12.1. The van der Waals surface area contributed by atoms with Gasteiger partial charge in [0.15, 0.2) is 11.5 Å². The van der Waals surface area contributed by atoms with Crippen LogP contribution in [0.3, 0.4) is 0 Å². The second-order valence-electron chi connectivity index (χ2n) is 8.80. The predicted octanol–water partition coefficient (Wildman–Crippen LogP) is 5.17. The van der Waals surface area contributed by atoms with Crippen LogP contribution in [-0.4, -0.2) is 31.5 Å². The lowest BCUT2D eigenvalue weighted by Gasteiger charge is -2.35. The molecule has 2 aliphatic rings. The van der Waals surface area contributed by atoms with Gasteiger partial charge in [0.1, 0.15) is 12.3 Å². The molecule has 1 aliphatic carbocycles. The van der Waals surface area contributed by atoms with E-state index in [1.165, 1.54) is 11.3 Å². The van der Waals surface area contributed by atoms with Gasteiger partial charge in [0.05, 0.1) is 17.3 Å². The number of rotatable bonds is 5. The number of para-hydroxylation sites is 2. The molecule has 2 amide bonds. The molecule has 1 heterocycles. The molecule has 7 heteroatoms. The lowest BCUT2D eigenvalue weighted by atomic mass is 9.78. The number of benzene rings is 2. The van der Waals surface area contributed by atoms with Crippen LogP contribution in [0.2, 0.25) is 0 Å². The highest BCUT2D eigenvalue weighted by Gasteiger charge is 2.33. The Bertz CT molecular complexity index is 1080. The quantitative estimate of drug-likeness (QED) is 0.561. The molecule has 0 aromatic heterocycles. The van der Waals surface area contributed by atoms with Gasteiger partial charge in [0.25, 0.3) is 5.91 Å². The summed E-state index contributed by atoms with van der Waals surface area (Å²) in [5.41, 5.74) is 1.37. The number of anilines is 1. The maximum absolute atomic E-state index is 13.4. The number of fused-ring (bicyclic) bond motifs is 1. The van der Waals surface area contributed by atoms with Crippen LogP contribution < -0.4 is 19.7 Å². The normalized spacial score (nSPS) is 23.6. The van der Waals surface area contributed by atoms with E-state index in [0.29, 0.717) is 29.0 Å². The fraction of sp³-hybridized carbons (Fsp3) is 0.385. The summed E-state index contributed by atoms with van der Waals surface area (Å²) < 4.78 is 12.0. The van der Waals surface area contributed by atoms with Crippen molar-refractivity contribution in [1.82, 2.24) is 5.32 Å². The zero-order chi connectivity index (χ0) is 23.5. The van der Waals surface area contributed by atoms with Crippen LogP contribution in [-0.2, 0) is 9.59 Å². The molecule has 1 aliphatic heterocycles. The van der Waals surface area contributed by atoms with Crippen molar-refractivity contribution in [1.29, 1.82) is 0 Å². The smallest absolute Gasteiger partial charge is 0.294 e. The number of amides is 2. The van der Waals surface area contributed by atoms with Crippen LogP contribution in [0.25, 0.3) is 6.08 Å². The molecule has 2 aromatic carbocycles. The average Bonchev–Trinajstić information content (AvgIpc) is 2.80. The van der Waals surface area contributed by atoms with E-state index in [-0.39, 0.29) is 30.2 Å². The molecule has 174 valence electrons. The minimum atomic E-state index is -0.346. The first-order chi connectivity index (χ1) is 15.9. The summed E-state index contributed by atoms with van der Waals surface area (Å²) in [4.78, 5) is 27.8. The summed E-state index contributed by atoms with van der Waals surface area (Å²) in [5, 5.41) is 3.17. The number of carbonyl (C=O) groups excluding carboxylic acids is 2. The Balaban J connectivity index is 1.57. The summed E-state index contributed by atoms with van der Waals surface area (Å²) in [6.45, 7) is 4.37. The van der Waals surface area contributed by atoms with Gasteiger partial charge in [-0.1, -0.05) is 44.9 Å². The maximum Gasteiger partial charge on any atom is 0.294 e. The first-order valence-electron chi connectivity index (χ1n) is 11.3. The highest BCUT2D eigenvalue weighted by atomic mass is 79.9. The fourth-order valence-electron chi connectivity index (χ4n) is 4.52. The molecule has 2 aromatic rings. The molecule has 0 bridgehead atoms. The minimum absolute atomic E-state index is 0.0551. The Hall–Kier alpha value is -2.80. The number of methoxy groups -OCH3 is 1. The number of nitrogens with one attached hydrogen (secondary N) is 1. The van der Waals surface area contributed by atoms with Crippen molar-refractivity contribution in [2.45, 2.75) is 39.2 Å². The Labute approximate surface area is 203 Å². The van der Waals surface area contributed by atoms with Gasteiger partial charge in [0.2, 0.25) is 5.91 Å². The number of hydrogen-bond acceptors (Lipinski definition) is 4. The molecule has 1 fully saturated rings. The highest BCUT2D eigenvalue weighted by molar-refractivity contribution is 9.10. The van der Waals surface area contributed by atoms with Crippen molar-refractivity contribution >= 4 is 39.5 Å². The van der Waals surface area contributed by atoms with Gasteiger partial charge in [-0.15, -0.1) is 0 Å². The van der Waals surface area contributed by atoms with Crippen molar-refractivity contribution < 1.29 is 19.1 Å². The Kier molecular flexibility index (Phi) is 7.08. The van der Waals surface area contributed by atoms with Crippen molar-refractivity contribution in [3.05, 3.63) is 58.3 Å². The first kappa shape index (κ1) is 23.4. The van der Waals surface area contributed by atoms with Crippen LogP contribution in [0.5, 0.6) is 11.5 Å². The molecule has 6 nitrogen and oxygen atoms in total. The Morgan fingerprint density at radius 3 is 2.79 bits per heavy atom. The molecular formula is C26H29BrN2O4. The Morgan fingerprint density at radius 2 is 2.03 bits per heavy atom. The summed E-state index contributed by atoms with van der Waals surface area (Å²) >= 11 is 3.47. The van der Waals surface area contributed by atoms with Gasteiger partial charge in [-0.05, 0) is 70.1 Å². The summed E-state index contributed by atoms with van der Waals surface area (Å²) in [6.07, 6.45) is 4.96. The second kappa shape index (κ2) is 10.00. The van der Waals surface area contributed by atoms with E-state index in [1.807, 2.05) is 30.3 Å². The molecule has 1 N–H and O–H groups in total. The van der Waals surface area contributed by atoms with E-state index >= 15 is 0 Å². The molecule has 0 saturated heterocycles. The van der Waals surface area contributed by atoms with Gasteiger partial charge >= 0.3 is 0 Å². The Morgan fingerprint density at radius 1 is 1.24 bits per heavy atom. The predicted molar refractivity (Wildman–Crippen MR) is 132 cm³/mol. The average molecular weight is 513 g/mol. The zero-order valence-corrected chi connectivity index (χ0v) is 20.7. The van der Waals surface area contributed by atoms with Crippen molar-refractivity contribution in [2.75, 3.05) is 18.6 Å². The molecule has 33 heavy (non-hydrogen) atoms. The number of hydrogen-bond donors (Lipinski definition) is 1. The third-order valence-electron chi connectivity index (χ3n) is 6.66. The lowest BCUT2D eigenvalue weighted by molar-refractivity contribution is -0.124. The number of nitrogens with zero attached hydrogens (tertiary/aromatic N) is 1. The monoisotopic (exact) mass is 512 g/mol. The molecular weight excluding hydrogens is 484 g/mol. The molecule has 0 unspecified atom stereocenters. The molecule has 0 spiro atoms. The van der Waals surface area contributed by atoms with E-state index in [9.17, 15) is 9.59 Å². The van der Waals surface area contributed by atoms with Crippen molar-refractivity contribution in [3.8, 4) is 11.5 Å². The third kappa shape index (κ3) is 5.08. The van der Waals surface area contributed by atoms with Gasteiger partial charge < -0.3 is 14.8 Å². The van der Waals surface area contributed by atoms with E-state index in [1.54, 1.807) is 25.3 Å². The minimum Gasteiger partial charge on any atom is -0.496 e. The van der Waals surface area contributed by atoms with Gasteiger partial charge in [-0.2, -0.15) is 0 Å².